The standard InChI is InChI=1S/C10H9O4/c11-8-13-6-7-14-10(12)9-4-2-1-3-5-9/h1-5H,6-7H2. The summed E-state index contributed by atoms with van der Waals surface area (Å²) in [5.74, 6) is -0.430. The molecule has 0 fully saturated rings. The Bertz CT molecular complexity index is 294. The third-order valence-electron chi connectivity index (χ3n) is 1.49. The summed E-state index contributed by atoms with van der Waals surface area (Å²) in [6.45, 7) is 1.31. The van der Waals surface area contributed by atoms with Crippen LogP contribution in [0.15, 0.2) is 30.3 Å². The van der Waals surface area contributed by atoms with Crippen molar-refractivity contribution in [1.82, 2.24) is 0 Å². The Balaban J connectivity index is 2.32. The van der Waals surface area contributed by atoms with Crippen molar-refractivity contribution in [3.05, 3.63) is 35.9 Å². The second kappa shape index (κ2) is 5.75. The molecule has 1 radical (unpaired) electrons. The third kappa shape index (κ3) is 3.26. The molecule has 0 aromatic heterocycles. The molecular formula is C10H9O4. The molecule has 0 heterocycles. The van der Waals surface area contributed by atoms with E-state index in [-0.39, 0.29) is 13.2 Å². The van der Waals surface area contributed by atoms with E-state index in [0.29, 0.717) is 5.56 Å². The lowest BCUT2D eigenvalue weighted by Crippen LogP contribution is -2.10. The highest BCUT2D eigenvalue weighted by Gasteiger charge is 2.04. The maximum Gasteiger partial charge on any atom is 0.417 e. The fraction of sp³-hybridized carbons (Fsp3) is 0.200. The Labute approximate surface area is 81.4 Å². The van der Waals surface area contributed by atoms with Gasteiger partial charge in [0.2, 0.25) is 0 Å². The van der Waals surface area contributed by atoms with Gasteiger partial charge in [0, 0.05) is 0 Å². The van der Waals surface area contributed by atoms with Crippen LogP contribution in [-0.4, -0.2) is 25.7 Å². The number of rotatable bonds is 5. The quantitative estimate of drug-likeness (QED) is 0.515. The lowest BCUT2D eigenvalue weighted by molar-refractivity contribution is 0.0440. The summed E-state index contributed by atoms with van der Waals surface area (Å²) < 4.78 is 9.02. The van der Waals surface area contributed by atoms with Gasteiger partial charge in [-0.1, -0.05) is 18.2 Å². The van der Waals surface area contributed by atoms with Crippen LogP contribution in [0.3, 0.4) is 0 Å². The van der Waals surface area contributed by atoms with E-state index < -0.39 is 5.97 Å². The summed E-state index contributed by atoms with van der Waals surface area (Å²) in [5.41, 5.74) is 0.475. The molecule has 0 bridgehead atoms. The molecule has 0 aliphatic rings. The van der Waals surface area contributed by atoms with E-state index in [4.69, 9.17) is 4.74 Å². The normalized spacial score (nSPS) is 9.14. The second-order valence-electron chi connectivity index (χ2n) is 2.43. The Morgan fingerprint density at radius 2 is 1.93 bits per heavy atom. The van der Waals surface area contributed by atoms with Crippen molar-refractivity contribution in [1.29, 1.82) is 0 Å². The molecule has 0 saturated carbocycles. The van der Waals surface area contributed by atoms with Crippen LogP contribution in [0.2, 0.25) is 0 Å². The summed E-state index contributed by atoms with van der Waals surface area (Å²) in [7, 11) is 0. The summed E-state index contributed by atoms with van der Waals surface area (Å²) in [4.78, 5) is 20.9. The molecule has 0 amide bonds. The molecule has 0 spiro atoms. The van der Waals surface area contributed by atoms with Gasteiger partial charge in [0.1, 0.15) is 13.2 Å². The summed E-state index contributed by atoms with van der Waals surface area (Å²) >= 11 is 0. The molecule has 0 N–H and O–H groups in total. The molecule has 0 unspecified atom stereocenters. The molecule has 0 atom stereocenters. The van der Waals surface area contributed by atoms with Crippen LogP contribution < -0.4 is 0 Å². The number of hydrogen-bond acceptors (Lipinski definition) is 4. The van der Waals surface area contributed by atoms with Crippen LogP contribution in [-0.2, 0) is 14.3 Å². The average molecular weight is 193 g/mol. The molecular weight excluding hydrogens is 184 g/mol. The number of hydrogen-bond donors (Lipinski definition) is 0. The number of benzene rings is 1. The van der Waals surface area contributed by atoms with E-state index >= 15 is 0 Å². The van der Waals surface area contributed by atoms with Crippen molar-refractivity contribution in [2.24, 2.45) is 0 Å². The van der Waals surface area contributed by atoms with Crippen molar-refractivity contribution < 1.29 is 19.1 Å². The molecule has 4 nitrogen and oxygen atoms in total. The first-order chi connectivity index (χ1) is 6.84. The Kier molecular flexibility index (Phi) is 4.20. The Morgan fingerprint density at radius 1 is 1.21 bits per heavy atom. The van der Waals surface area contributed by atoms with Gasteiger partial charge in [-0.25, -0.2) is 9.59 Å². The molecule has 4 heteroatoms. The smallest absolute Gasteiger partial charge is 0.417 e. The lowest BCUT2D eigenvalue weighted by Gasteiger charge is -2.02. The van der Waals surface area contributed by atoms with Gasteiger partial charge in [0.05, 0.1) is 5.56 Å². The molecule has 0 aliphatic carbocycles. The maximum absolute atomic E-state index is 11.2. The van der Waals surface area contributed by atoms with E-state index in [1.54, 1.807) is 30.3 Å². The highest BCUT2D eigenvalue weighted by atomic mass is 16.6. The largest absolute Gasteiger partial charge is 0.458 e. The zero-order valence-electron chi connectivity index (χ0n) is 7.43. The van der Waals surface area contributed by atoms with E-state index in [1.807, 2.05) is 0 Å². The zero-order chi connectivity index (χ0) is 10.2. The second-order valence-corrected chi connectivity index (χ2v) is 2.43. The number of ether oxygens (including phenoxy) is 2. The van der Waals surface area contributed by atoms with E-state index in [0.717, 1.165) is 0 Å². The van der Waals surface area contributed by atoms with Gasteiger partial charge in [-0.3, -0.25) is 0 Å². The summed E-state index contributed by atoms with van der Waals surface area (Å²) in [6, 6.07) is 8.59. The highest BCUT2D eigenvalue weighted by Crippen LogP contribution is 2.00. The first kappa shape index (κ1) is 10.2. The van der Waals surface area contributed by atoms with Crippen molar-refractivity contribution in [3.63, 3.8) is 0 Å². The van der Waals surface area contributed by atoms with Crippen LogP contribution in [0.5, 0.6) is 0 Å². The minimum absolute atomic E-state index is 0.0298. The van der Waals surface area contributed by atoms with Gasteiger partial charge < -0.3 is 9.47 Å². The van der Waals surface area contributed by atoms with Gasteiger partial charge in [-0.15, -0.1) is 0 Å². The first-order valence-corrected chi connectivity index (χ1v) is 4.05. The number of carbonyl (C=O) groups is 1. The Morgan fingerprint density at radius 3 is 2.57 bits per heavy atom. The van der Waals surface area contributed by atoms with Gasteiger partial charge in [0.15, 0.2) is 0 Å². The maximum atomic E-state index is 11.2. The predicted octanol–water partition coefficient (Wildman–Crippen LogP) is 0.927. The van der Waals surface area contributed by atoms with Crippen LogP contribution in [0.25, 0.3) is 0 Å². The monoisotopic (exact) mass is 193 g/mol. The molecule has 0 saturated heterocycles. The van der Waals surface area contributed by atoms with Crippen molar-refractivity contribution in [2.75, 3.05) is 13.2 Å². The van der Waals surface area contributed by atoms with E-state index in [2.05, 4.69) is 4.74 Å². The van der Waals surface area contributed by atoms with Crippen LogP contribution in [0, 0.1) is 0 Å². The SMILES string of the molecule is O=[C]OCCOC(=O)c1ccccc1. The lowest BCUT2D eigenvalue weighted by atomic mass is 10.2. The topological polar surface area (TPSA) is 52.6 Å². The van der Waals surface area contributed by atoms with Crippen molar-refractivity contribution in [2.45, 2.75) is 0 Å². The van der Waals surface area contributed by atoms with E-state index in [1.165, 1.54) is 6.47 Å². The fourth-order valence-electron chi connectivity index (χ4n) is 0.875. The minimum atomic E-state index is -0.430. The zero-order valence-corrected chi connectivity index (χ0v) is 7.43. The van der Waals surface area contributed by atoms with Crippen molar-refractivity contribution >= 4 is 12.4 Å². The Hall–Kier alpha value is -1.84. The first-order valence-electron chi connectivity index (χ1n) is 4.05. The molecule has 1 rings (SSSR count). The minimum Gasteiger partial charge on any atom is -0.458 e. The summed E-state index contributed by atoms with van der Waals surface area (Å²) in [6.07, 6.45) is 0. The van der Waals surface area contributed by atoms with Gasteiger partial charge in [0.25, 0.3) is 0 Å². The molecule has 73 valence electrons. The van der Waals surface area contributed by atoms with Gasteiger partial charge >= 0.3 is 12.4 Å². The molecule has 0 aliphatic heterocycles. The summed E-state index contributed by atoms with van der Waals surface area (Å²) in [5, 5.41) is 0. The van der Waals surface area contributed by atoms with E-state index in [9.17, 15) is 9.59 Å². The average Bonchev–Trinajstić information content (AvgIpc) is 2.25. The fourth-order valence-corrected chi connectivity index (χ4v) is 0.875. The van der Waals surface area contributed by atoms with Crippen molar-refractivity contribution in [3.8, 4) is 0 Å². The third-order valence-corrected chi connectivity index (χ3v) is 1.49. The van der Waals surface area contributed by atoms with Gasteiger partial charge in [-0.2, -0.15) is 0 Å². The molecule has 14 heavy (non-hydrogen) atoms. The van der Waals surface area contributed by atoms with Gasteiger partial charge in [-0.05, 0) is 12.1 Å². The molecule has 1 aromatic rings. The van der Waals surface area contributed by atoms with Crippen LogP contribution >= 0.6 is 0 Å². The highest BCUT2D eigenvalue weighted by molar-refractivity contribution is 5.89. The predicted molar refractivity (Wildman–Crippen MR) is 48.4 cm³/mol. The van der Waals surface area contributed by atoms with Crippen LogP contribution in [0.4, 0.5) is 0 Å². The molecule has 1 aromatic carbocycles. The van der Waals surface area contributed by atoms with Crippen LogP contribution in [0.1, 0.15) is 10.4 Å². The number of esters is 1. The number of carbonyl (C=O) groups excluding carboxylic acids is 2.